The number of benzene rings is 1. The normalized spacial score (nSPS) is 12.7. The number of nitrogens with zero attached hydrogens (tertiary/aromatic N) is 1. The number of aromatic nitrogens is 1. The summed E-state index contributed by atoms with van der Waals surface area (Å²) in [6.45, 7) is 4.97. The van der Waals surface area contributed by atoms with Crippen molar-refractivity contribution in [3.8, 4) is 0 Å². The molecule has 1 atom stereocenters. The Morgan fingerprint density at radius 2 is 2.10 bits per heavy atom. The van der Waals surface area contributed by atoms with Gasteiger partial charge in [0.2, 0.25) is 0 Å². The van der Waals surface area contributed by atoms with Crippen molar-refractivity contribution < 1.29 is 4.42 Å². The molecular formula is C17H19N3O. The molecule has 4 heteroatoms. The van der Waals surface area contributed by atoms with Crippen LogP contribution in [0.15, 0.2) is 47.2 Å². The summed E-state index contributed by atoms with van der Waals surface area (Å²) in [7, 11) is 0. The van der Waals surface area contributed by atoms with E-state index in [9.17, 15) is 0 Å². The van der Waals surface area contributed by atoms with Gasteiger partial charge in [-0.25, -0.2) is 4.98 Å². The molecule has 0 amide bonds. The lowest BCUT2D eigenvalue weighted by molar-refractivity contribution is 0.583. The van der Waals surface area contributed by atoms with Crippen molar-refractivity contribution in [2.75, 3.05) is 12.3 Å². The first-order valence-electron chi connectivity index (χ1n) is 7.13. The highest BCUT2D eigenvalue weighted by Gasteiger charge is 2.22. The second-order valence-electron chi connectivity index (χ2n) is 5.10. The number of nitrogen functional groups attached to an aromatic ring is 1. The Balaban J connectivity index is 2.18. The molecule has 21 heavy (non-hydrogen) atoms. The third-order valence-corrected chi connectivity index (χ3v) is 3.76. The summed E-state index contributed by atoms with van der Waals surface area (Å²) in [6.07, 6.45) is 3.55. The van der Waals surface area contributed by atoms with Crippen LogP contribution >= 0.6 is 0 Å². The minimum atomic E-state index is -0.0210. The van der Waals surface area contributed by atoms with Crippen molar-refractivity contribution in [2.45, 2.75) is 19.9 Å². The van der Waals surface area contributed by atoms with Crippen molar-refractivity contribution in [3.63, 3.8) is 0 Å². The fourth-order valence-electron chi connectivity index (χ4n) is 2.76. The first kappa shape index (κ1) is 13.6. The lowest BCUT2D eigenvalue weighted by atomic mass is 9.95. The summed E-state index contributed by atoms with van der Waals surface area (Å²) >= 11 is 0. The van der Waals surface area contributed by atoms with E-state index >= 15 is 0 Å². The number of nitrogens with one attached hydrogen (secondary N) is 1. The van der Waals surface area contributed by atoms with E-state index in [0.29, 0.717) is 5.82 Å². The maximum absolute atomic E-state index is 6.12. The molecule has 0 aliphatic carbocycles. The zero-order valence-electron chi connectivity index (χ0n) is 12.3. The van der Waals surface area contributed by atoms with Gasteiger partial charge in [0.15, 0.2) is 0 Å². The molecule has 3 aromatic rings. The summed E-state index contributed by atoms with van der Waals surface area (Å²) < 4.78 is 5.68. The minimum Gasteiger partial charge on any atom is -0.464 e. The Morgan fingerprint density at radius 1 is 1.29 bits per heavy atom. The Morgan fingerprint density at radius 3 is 2.86 bits per heavy atom. The summed E-state index contributed by atoms with van der Waals surface area (Å²) in [5, 5.41) is 4.60. The molecule has 0 spiro atoms. The molecule has 108 valence electrons. The number of furan rings is 1. The van der Waals surface area contributed by atoms with E-state index in [1.54, 1.807) is 6.20 Å². The van der Waals surface area contributed by atoms with E-state index < -0.39 is 0 Å². The molecule has 2 heterocycles. The van der Waals surface area contributed by atoms with Crippen LogP contribution in [0.4, 0.5) is 5.82 Å². The van der Waals surface area contributed by atoms with Gasteiger partial charge in [0.05, 0.1) is 12.3 Å². The highest BCUT2D eigenvalue weighted by molar-refractivity contribution is 5.82. The molecule has 0 radical (unpaired) electrons. The van der Waals surface area contributed by atoms with E-state index in [-0.39, 0.29) is 6.04 Å². The van der Waals surface area contributed by atoms with Gasteiger partial charge in [0.1, 0.15) is 11.4 Å². The molecule has 0 saturated heterocycles. The number of fused-ring (bicyclic) bond motifs is 1. The number of hydrogen-bond acceptors (Lipinski definition) is 4. The van der Waals surface area contributed by atoms with Gasteiger partial charge in [-0.1, -0.05) is 25.1 Å². The molecule has 1 unspecified atom stereocenters. The van der Waals surface area contributed by atoms with Gasteiger partial charge in [-0.2, -0.15) is 0 Å². The van der Waals surface area contributed by atoms with Gasteiger partial charge in [-0.15, -0.1) is 0 Å². The Hall–Kier alpha value is -2.33. The molecule has 0 saturated carbocycles. The maximum Gasteiger partial charge on any atom is 0.134 e. The summed E-state index contributed by atoms with van der Waals surface area (Å²) in [4.78, 5) is 4.24. The molecule has 0 aliphatic rings. The van der Waals surface area contributed by atoms with Gasteiger partial charge < -0.3 is 15.5 Å². The van der Waals surface area contributed by atoms with Crippen molar-refractivity contribution in [1.82, 2.24) is 10.3 Å². The number of nitrogens with two attached hydrogens (primary N) is 1. The molecule has 0 aliphatic heterocycles. The van der Waals surface area contributed by atoms with Gasteiger partial charge >= 0.3 is 0 Å². The predicted octanol–water partition coefficient (Wildman–Crippen LogP) is 3.42. The average molecular weight is 281 g/mol. The lowest BCUT2D eigenvalue weighted by Crippen LogP contribution is -2.24. The highest BCUT2D eigenvalue weighted by atomic mass is 16.3. The first-order valence-corrected chi connectivity index (χ1v) is 7.13. The van der Waals surface area contributed by atoms with Crippen molar-refractivity contribution in [2.24, 2.45) is 0 Å². The average Bonchev–Trinajstić information content (AvgIpc) is 2.90. The second-order valence-corrected chi connectivity index (χ2v) is 5.10. The summed E-state index contributed by atoms with van der Waals surface area (Å²) in [5.74, 6) is 0.561. The molecule has 2 aromatic heterocycles. The van der Waals surface area contributed by atoms with E-state index in [2.05, 4.69) is 30.2 Å². The van der Waals surface area contributed by atoms with E-state index in [4.69, 9.17) is 10.2 Å². The smallest absolute Gasteiger partial charge is 0.134 e. The SMILES string of the molecule is CCNC(c1c(C)ccnc1N)c1coc2ccccc12. The molecule has 4 nitrogen and oxygen atoms in total. The van der Waals surface area contributed by atoms with Crippen molar-refractivity contribution in [1.29, 1.82) is 0 Å². The number of anilines is 1. The van der Waals surface area contributed by atoms with Crippen LogP contribution in [0.1, 0.15) is 29.7 Å². The number of rotatable bonds is 4. The van der Waals surface area contributed by atoms with E-state index in [0.717, 1.165) is 34.2 Å². The molecule has 3 N–H and O–H groups in total. The van der Waals surface area contributed by atoms with Crippen LogP contribution in [0.5, 0.6) is 0 Å². The summed E-state index contributed by atoms with van der Waals surface area (Å²) in [6, 6.07) is 10.00. The second kappa shape index (κ2) is 5.58. The van der Waals surface area contributed by atoms with E-state index in [1.807, 2.05) is 30.5 Å². The van der Waals surface area contributed by atoms with Gasteiger partial charge in [-0.05, 0) is 31.2 Å². The van der Waals surface area contributed by atoms with Crippen LogP contribution in [-0.4, -0.2) is 11.5 Å². The van der Waals surface area contributed by atoms with Crippen LogP contribution in [0.25, 0.3) is 11.0 Å². The van der Waals surface area contributed by atoms with Crippen LogP contribution in [0.3, 0.4) is 0 Å². The quantitative estimate of drug-likeness (QED) is 0.769. The largest absolute Gasteiger partial charge is 0.464 e. The first-order chi connectivity index (χ1) is 10.2. The Kier molecular flexibility index (Phi) is 3.62. The Labute approximate surface area is 124 Å². The molecule has 1 aromatic carbocycles. The fourth-order valence-corrected chi connectivity index (χ4v) is 2.76. The van der Waals surface area contributed by atoms with Gasteiger partial charge in [0, 0.05) is 22.7 Å². The van der Waals surface area contributed by atoms with Crippen molar-refractivity contribution >= 4 is 16.8 Å². The standard InChI is InChI=1S/C17H19N3O/c1-3-19-16(15-11(2)8-9-20-17(15)18)13-10-21-14-7-5-4-6-12(13)14/h4-10,16,19H,3H2,1-2H3,(H2,18,20). The number of pyridine rings is 1. The number of aryl methyl sites for hydroxylation is 1. The van der Waals surface area contributed by atoms with E-state index in [1.165, 1.54) is 0 Å². The highest BCUT2D eigenvalue weighted by Crippen LogP contribution is 2.33. The molecule has 3 rings (SSSR count). The molecular weight excluding hydrogens is 262 g/mol. The molecule has 0 bridgehead atoms. The van der Waals surface area contributed by atoms with Crippen LogP contribution in [0, 0.1) is 6.92 Å². The molecule has 0 fully saturated rings. The van der Waals surface area contributed by atoms with Crippen LogP contribution in [-0.2, 0) is 0 Å². The fraction of sp³-hybridized carbons (Fsp3) is 0.235. The van der Waals surface area contributed by atoms with Crippen molar-refractivity contribution in [3.05, 3.63) is 59.5 Å². The monoisotopic (exact) mass is 281 g/mol. The zero-order valence-corrected chi connectivity index (χ0v) is 12.3. The Bertz CT molecular complexity index is 743. The topological polar surface area (TPSA) is 64.1 Å². The van der Waals surface area contributed by atoms with Gasteiger partial charge in [-0.3, -0.25) is 0 Å². The lowest BCUT2D eigenvalue weighted by Gasteiger charge is -2.20. The minimum absolute atomic E-state index is 0.0210. The van der Waals surface area contributed by atoms with Crippen LogP contribution < -0.4 is 11.1 Å². The number of para-hydroxylation sites is 1. The summed E-state index contributed by atoms with van der Waals surface area (Å²) in [5.41, 5.74) is 10.2. The third kappa shape index (κ3) is 2.38. The van der Waals surface area contributed by atoms with Crippen LogP contribution in [0.2, 0.25) is 0 Å². The number of hydrogen-bond donors (Lipinski definition) is 2. The zero-order chi connectivity index (χ0) is 14.8. The predicted molar refractivity (Wildman–Crippen MR) is 85.1 cm³/mol. The third-order valence-electron chi connectivity index (χ3n) is 3.76. The maximum atomic E-state index is 6.12. The van der Waals surface area contributed by atoms with Gasteiger partial charge in [0.25, 0.3) is 0 Å².